The summed E-state index contributed by atoms with van der Waals surface area (Å²) in [6.45, 7) is 2.06. The molecule has 3 heterocycles. The molecule has 4 rings (SSSR count). The van der Waals surface area contributed by atoms with Gasteiger partial charge < -0.3 is 14.2 Å². The van der Waals surface area contributed by atoms with Gasteiger partial charge in [-0.3, -0.25) is 4.79 Å². The van der Waals surface area contributed by atoms with Crippen molar-refractivity contribution < 1.29 is 13.6 Å². The Hall–Kier alpha value is -3.40. The van der Waals surface area contributed by atoms with Gasteiger partial charge in [-0.05, 0) is 30.3 Å². The molecule has 26 heavy (non-hydrogen) atoms. The minimum absolute atomic E-state index is 0.179. The van der Waals surface area contributed by atoms with Crippen molar-refractivity contribution in [3.63, 3.8) is 0 Å². The fourth-order valence-electron chi connectivity index (χ4n) is 3.18. The molecule has 1 saturated heterocycles. The lowest BCUT2D eigenvalue weighted by Crippen LogP contribution is -2.49. The monoisotopic (exact) mass is 350 g/mol. The van der Waals surface area contributed by atoms with Crippen molar-refractivity contribution in [3.8, 4) is 6.07 Å². The first kappa shape index (κ1) is 16.1. The summed E-state index contributed by atoms with van der Waals surface area (Å²) in [4.78, 5) is 20.7. The number of hydrogen-bond acceptors (Lipinski definition) is 5. The van der Waals surface area contributed by atoms with Crippen molar-refractivity contribution >= 4 is 22.6 Å². The van der Waals surface area contributed by atoms with E-state index in [1.165, 1.54) is 18.4 Å². The predicted molar refractivity (Wildman–Crippen MR) is 93.2 cm³/mol. The van der Waals surface area contributed by atoms with Crippen LogP contribution in [0.4, 0.5) is 10.1 Å². The number of anilines is 1. The summed E-state index contributed by atoms with van der Waals surface area (Å²) in [6.07, 6.45) is 3.13. The summed E-state index contributed by atoms with van der Waals surface area (Å²) in [5.41, 5.74) is 1.73. The van der Waals surface area contributed by atoms with Crippen LogP contribution in [0.2, 0.25) is 0 Å². The molecule has 7 heteroatoms. The first-order chi connectivity index (χ1) is 12.7. The zero-order chi connectivity index (χ0) is 18.1. The maximum atomic E-state index is 13.7. The molecule has 1 aliphatic heterocycles. The van der Waals surface area contributed by atoms with Crippen LogP contribution in [0.15, 0.2) is 47.2 Å². The lowest BCUT2D eigenvalue weighted by atomic mass is 10.1. The van der Waals surface area contributed by atoms with Crippen LogP contribution in [0.1, 0.15) is 16.1 Å². The number of carbonyl (C=O) groups excluding carboxylic acids is 1. The van der Waals surface area contributed by atoms with E-state index in [1.807, 2.05) is 11.0 Å². The van der Waals surface area contributed by atoms with E-state index in [-0.39, 0.29) is 11.5 Å². The highest BCUT2D eigenvalue weighted by molar-refractivity contribution is 6.02. The molecule has 0 unspecified atom stereocenters. The third kappa shape index (κ3) is 2.86. The summed E-state index contributed by atoms with van der Waals surface area (Å²) < 4.78 is 19.1. The molecule has 0 N–H and O–H groups in total. The van der Waals surface area contributed by atoms with Crippen LogP contribution in [-0.4, -0.2) is 42.0 Å². The standard InChI is InChI=1S/C19H15FN4O2/c20-15-9-13(12-21)10-16(11-15)23-4-6-24(7-5-23)19(25)17-18-14(1-3-22-17)2-8-26-18/h1-3,8-11H,4-7H2. The van der Waals surface area contributed by atoms with Crippen molar-refractivity contribution in [2.45, 2.75) is 0 Å². The van der Waals surface area contributed by atoms with Crippen LogP contribution in [0.3, 0.4) is 0 Å². The van der Waals surface area contributed by atoms with E-state index in [0.717, 1.165) is 5.39 Å². The van der Waals surface area contributed by atoms with Crippen LogP contribution in [0, 0.1) is 17.1 Å². The van der Waals surface area contributed by atoms with Crippen molar-refractivity contribution in [2.24, 2.45) is 0 Å². The number of rotatable bonds is 2. The first-order valence-electron chi connectivity index (χ1n) is 8.23. The Labute approximate surface area is 149 Å². The molecule has 130 valence electrons. The number of pyridine rings is 1. The maximum Gasteiger partial charge on any atom is 0.276 e. The number of carbonyl (C=O) groups is 1. The van der Waals surface area contributed by atoms with E-state index < -0.39 is 5.82 Å². The molecule has 0 spiro atoms. The number of fused-ring (bicyclic) bond motifs is 1. The molecular weight excluding hydrogens is 335 g/mol. The summed E-state index contributed by atoms with van der Waals surface area (Å²) in [7, 11) is 0. The Balaban J connectivity index is 1.50. The highest BCUT2D eigenvalue weighted by Crippen LogP contribution is 2.22. The predicted octanol–water partition coefficient (Wildman–Crippen LogP) is 2.80. The van der Waals surface area contributed by atoms with E-state index in [4.69, 9.17) is 9.68 Å². The zero-order valence-electron chi connectivity index (χ0n) is 13.9. The topological polar surface area (TPSA) is 73.4 Å². The van der Waals surface area contributed by atoms with E-state index >= 15 is 0 Å². The SMILES string of the molecule is N#Cc1cc(F)cc(N2CCN(C(=O)c3nccc4ccoc34)CC2)c1. The van der Waals surface area contributed by atoms with Gasteiger partial charge in [-0.1, -0.05) is 0 Å². The van der Waals surface area contributed by atoms with Crippen molar-refractivity contribution in [3.05, 3.63) is 59.9 Å². The second-order valence-corrected chi connectivity index (χ2v) is 6.09. The van der Waals surface area contributed by atoms with Crippen LogP contribution in [-0.2, 0) is 0 Å². The Bertz CT molecular complexity index is 1020. The summed E-state index contributed by atoms with van der Waals surface area (Å²) in [6, 6.07) is 9.82. The van der Waals surface area contributed by atoms with E-state index in [1.54, 1.807) is 29.3 Å². The van der Waals surface area contributed by atoms with Crippen LogP contribution in [0.25, 0.3) is 11.0 Å². The number of hydrogen-bond donors (Lipinski definition) is 0. The van der Waals surface area contributed by atoms with Gasteiger partial charge in [0, 0.05) is 43.4 Å². The number of nitriles is 1. The normalized spacial score (nSPS) is 14.5. The number of nitrogens with zero attached hydrogens (tertiary/aromatic N) is 4. The average Bonchev–Trinajstić information content (AvgIpc) is 3.16. The van der Waals surface area contributed by atoms with Gasteiger partial charge in [0.15, 0.2) is 11.3 Å². The number of aromatic nitrogens is 1. The summed E-state index contributed by atoms with van der Waals surface area (Å²) in [5, 5.41) is 9.83. The van der Waals surface area contributed by atoms with Crippen LogP contribution < -0.4 is 4.90 Å². The number of piperazine rings is 1. The minimum Gasteiger partial charge on any atom is -0.462 e. The first-order valence-corrected chi connectivity index (χ1v) is 8.23. The highest BCUT2D eigenvalue weighted by atomic mass is 19.1. The molecular formula is C19H15FN4O2. The molecule has 0 saturated carbocycles. The van der Waals surface area contributed by atoms with Crippen molar-refractivity contribution in [1.29, 1.82) is 5.26 Å². The maximum absolute atomic E-state index is 13.7. The zero-order valence-corrected chi connectivity index (χ0v) is 13.9. The molecule has 0 radical (unpaired) electrons. The largest absolute Gasteiger partial charge is 0.462 e. The number of furan rings is 1. The van der Waals surface area contributed by atoms with Gasteiger partial charge in [-0.25, -0.2) is 9.37 Å². The Kier molecular flexibility index (Phi) is 4.01. The third-order valence-electron chi connectivity index (χ3n) is 4.51. The summed E-state index contributed by atoms with van der Waals surface area (Å²) in [5.74, 6) is -0.617. The molecule has 0 bridgehead atoms. The second-order valence-electron chi connectivity index (χ2n) is 6.09. The molecule has 1 amide bonds. The van der Waals surface area contributed by atoms with Gasteiger partial charge in [-0.15, -0.1) is 0 Å². The fourth-order valence-corrected chi connectivity index (χ4v) is 3.18. The fraction of sp³-hybridized carbons (Fsp3) is 0.211. The quantitative estimate of drug-likeness (QED) is 0.710. The van der Waals surface area contributed by atoms with Gasteiger partial charge in [0.2, 0.25) is 0 Å². The van der Waals surface area contributed by atoms with E-state index in [0.29, 0.717) is 43.1 Å². The molecule has 6 nitrogen and oxygen atoms in total. The van der Waals surface area contributed by atoms with Gasteiger partial charge in [0.25, 0.3) is 5.91 Å². The second kappa shape index (κ2) is 6.48. The van der Waals surface area contributed by atoms with Crippen LogP contribution in [0.5, 0.6) is 0 Å². The number of amides is 1. The van der Waals surface area contributed by atoms with E-state index in [9.17, 15) is 9.18 Å². The van der Waals surface area contributed by atoms with Gasteiger partial charge in [0.1, 0.15) is 5.82 Å². The minimum atomic E-state index is -0.439. The van der Waals surface area contributed by atoms with Crippen LogP contribution >= 0.6 is 0 Å². The Morgan fingerprint density at radius 1 is 1.19 bits per heavy atom. The smallest absolute Gasteiger partial charge is 0.276 e. The Morgan fingerprint density at radius 3 is 2.77 bits per heavy atom. The van der Waals surface area contributed by atoms with Crippen molar-refractivity contribution in [2.75, 3.05) is 31.1 Å². The lowest BCUT2D eigenvalue weighted by Gasteiger charge is -2.36. The van der Waals surface area contributed by atoms with Gasteiger partial charge in [0.05, 0.1) is 17.9 Å². The third-order valence-corrected chi connectivity index (χ3v) is 4.51. The van der Waals surface area contributed by atoms with Gasteiger partial charge >= 0.3 is 0 Å². The average molecular weight is 350 g/mol. The van der Waals surface area contributed by atoms with Crippen molar-refractivity contribution in [1.82, 2.24) is 9.88 Å². The molecule has 1 fully saturated rings. The molecule has 1 aromatic carbocycles. The number of halogens is 1. The molecule has 0 atom stereocenters. The molecule has 0 aliphatic carbocycles. The lowest BCUT2D eigenvalue weighted by molar-refractivity contribution is 0.0742. The molecule has 1 aliphatic rings. The number of benzene rings is 1. The highest BCUT2D eigenvalue weighted by Gasteiger charge is 2.25. The molecule has 3 aromatic rings. The molecule has 2 aromatic heterocycles. The Morgan fingerprint density at radius 2 is 2.00 bits per heavy atom. The van der Waals surface area contributed by atoms with E-state index in [2.05, 4.69) is 4.98 Å². The van der Waals surface area contributed by atoms with Gasteiger partial charge in [-0.2, -0.15) is 5.26 Å². The summed E-state index contributed by atoms with van der Waals surface area (Å²) >= 11 is 0.